The number of halogens is 2. The lowest BCUT2D eigenvalue weighted by atomic mass is 9.88. The zero-order valence-corrected chi connectivity index (χ0v) is 23.7. The molecule has 2 saturated heterocycles. The highest BCUT2D eigenvalue weighted by Crippen LogP contribution is 2.26. The molecule has 0 spiro atoms. The summed E-state index contributed by atoms with van der Waals surface area (Å²) < 4.78 is 32.1. The number of benzene rings is 2. The molecule has 7 nitrogen and oxygen atoms in total. The molecule has 9 heteroatoms. The normalized spacial score (nSPS) is 16.8. The molecule has 5 rings (SSSR count). The molecule has 0 bridgehead atoms. The van der Waals surface area contributed by atoms with Gasteiger partial charge in [0.05, 0.1) is 7.11 Å². The van der Waals surface area contributed by atoms with E-state index in [0.717, 1.165) is 32.0 Å². The van der Waals surface area contributed by atoms with Crippen molar-refractivity contribution < 1.29 is 27.9 Å². The Balaban J connectivity index is 1.07. The summed E-state index contributed by atoms with van der Waals surface area (Å²) in [4.78, 5) is 47.0. The Kier molecular flexibility index (Phi) is 9.37. The lowest BCUT2D eigenvalue weighted by Crippen LogP contribution is -2.40. The molecule has 0 saturated carbocycles. The summed E-state index contributed by atoms with van der Waals surface area (Å²) in [5, 5.41) is 0. The first-order chi connectivity index (χ1) is 20.3. The van der Waals surface area contributed by atoms with Crippen LogP contribution in [0.15, 0.2) is 60.8 Å². The number of Topliss-reactive ketones (excluding diaryl/α,β-unsaturated/α-hetero) is 2. The van der Waals surface area contributed by atoms with Crippen molar-refractivity contribution in [1.29, 1.82) is 0 Å². The van der Waals surface area contributed by atoms with Crippen LogP contribution in [0.5, 0.6) is 5.75 Å². The number of ketones is 2. The number of likely N-dealkylation sites (tertiary alicyclic amines) is 2. The number of methoxy groups -OCH3 is 1. The third-order valence-corrected chi connectivity index (χ3v) is 8.34. The van der Waals surface area contributed by atoms with Crippen molar-refractivity contribution in [2.75, 3.05) is 33.3 Å². The van der Waals surface area contributed by atoms with Gasteiger partial charge in [-0.1, -0.05) is 0 Å². The number of ether oxygens (including phenoxy) is 1. The minimum absolute atomic E-state index is 0.00925. The van der Waals surface area contributed by atoms with Crippen molar-refractivity contribution in [1.82, 2.24) is 14.8 Å². The fourth-order valence-electron chi connectivity index (χ4n) is 5.87. The van der Waals surface area contributed by atoms with E-state index in [9.17, 15) is 23.2 Å². The average Bonchev–Trinajstić information content (AvgIpc) is 3.01. The van der Waals surface area contributed by atoms with Gasteiger partial charge < -0.3 is 9.64 Å². The number of hydrogen-bond acceptors (Lipinski definition) is 6. The Morgan fingerprint density at radius 2 is 1.50 bits per heavy atom. The van der Waals surface area contributed by atoms with Gasteiger partial charge in [0.25, 0.3) is 5.91 Å². The number of nitrogens with zero attached hydrogens (tertiary/aromatic N) is 3. The number of pyridine rings is 1. The van der Waals surface area contributed by atoms with Crippen molar-refractivity contribution in [2.24, 2.45) is 11.8 Å². The largest absolute Gasteiger partial charge is 0.497 e. The molecule has 2 aliphatic rings. The molecule has 1 amide bonds. The lowest BCUT2D eigenvalue weighted by molar-refractivity contribution is 0.0645. The van der Waals surface area contributed by atoms with E-state index in [1.54, 1.807) is 48.4 Å². The number of aromatic nitrogens is 1. The van der Waals surface area contributed by atoms with Crippen molar-refractivity contribution in [2.45, 2.75) is 38.6 Å². The quantitative estimate of drug-likeness (QED) is 0.310. The van der Waals surface area contributed by atoms with E-state index in [4.69, 9.17) is 4.74 Å². The molecular weight excluding hydrogens is 540 g/mol. The molecule has 0 radical (unpaired) electrons. The van der Waals surface area contributed by atoms with Crippen molar-refractivity contribution in [3.8, 4) is 5.75 Å². The third kappa shape index (κ3) is 7.26. The first-order valence-corrected chi connectivity index (χ1v) is 14.4. The third-order valence-electron chi connectivity index (χ3n) is 8.34. The van der Waals surface area contributed by atoms with Crippen LogP contribution in [-0.2, 0) is 6.54 Å². The molecule has 0 unspecified atom stereocenters. The Morgan fingerprint density at radius 1 is 0.857 bits per heavy atom. The van der Waals surface area contributed by atoms with E-state index < -0.39 is 11.6 Å². The second-order valence-electron chi connectivity index (χ2n) is 11.2. The highest BCUT2D eigenvalue weighted by atomic mass is 19.1. The van der Waals surface area contributed by atoms with Gasteiger partial charge in [-0.05, 0) is 98.8 Å². The van der Waals surface area contributed by atoms with Gasteiger partial charge in [-0.2, -0.15) is 0 Å². The number of carbonyl (C=O) groups is 3. The summed E-state index contributed by atoms with van der Waals surface area (Å²) in [7, 11) is 1.58. The molecule has 2 aliphatic heterocycles. The monoisotopic (exact) mass is 575 g/mol. The van der Waals surface area contributed by atoms with Crippen LogP contribution in [0.1, 0.15) is 68.9 Å². The fourth-order valence-corrected chi connectivity index (χ4v) is 5.87. The van der Waals surface area contributed by atoms with E-state index in [-0.39, 0.29) is 35.0 Å². The highest BCUT2D eigenvalue weighted by molar-refractivity contribution is 5.99. The Bertz CT molecular complexity index is 1390. The van der Waals surface area contributed by atoms with Crippen LogP contribution < -0.4 is 4.74 Å². The second kappa shape index (κ2) is 13.3. The second-order valence-corrected chi connectivity index (χ2v) is 11.2. The maximum Gasteiger partial charge on any atom is 0.272 e. The van der Waals surface area contributed by atoms with Crippen LogP contribution in [0, 0.1) is 23.5 Å². The zero-order chi connectivity index (χ0) is 29.6. The van der Waals surface area contributed by atoms with Gasteiger partial charge in [0.1, 0.15) is 23.1 Å². The van der Waals surface area contributed by atoms with Gasteiger partial charge in [-0.3, -0.25) is 24.3 Å². The van der Waals surface area contributed by atoms with Crippen LogP contribution in [-0.4, -0.2) is 65.5 Å². The Morgan fingerprint density at radius 3 is 2.10 bits per heavy atom. The summed E-state index contributed by atoms with van der Waals surface area (Å²) in [6, 6.07) is 13.9. The summed E-state index contributed by atoms with van der Waals surface area (Å²) in [5.74, 6) is -0.486. The lowest BCUT2D eigenvalue weighted by Gasteiger charge is -2.31. The first-order valence-electron chi connectivity index (χ1n) is 14.4. The smallest absolute Gasteiger partial charge is 0.272 e. The highest BCUT2D eigenvalue weighted by Gasteiger charge is 2.29. The molecule has 220 valence electrons. The molecular formula is C33H35F2N3O4. The van der Waals surface area contributed by atoms with Gasteiger partial charge in [-0.25, -0.2) is 8.78 Å². The maximum atomic E-state index is 13.5. The van der Waals surface area contributed by atoms with Gasteiger partial charge >= 0.3 is 0 Å². The van der Waals surface area contributed by atoms with E-state index in [1.165, 1.54) is 18.3 Å². The SMILES string of the molecule is COc1ccc(C(=O)C2CCN(C(=O)c3ccc(C(=O)CC4CCN(Cc5cc(F)cc(F)c5)CC4)cn3)CC2)cc1. The van der Waals surface area contributed by atoms with Crippen LogP contribution in [0.25, 0.3) is 0 Å². The maximum absolute atomic E-state index is 13.5. The molecule has 0 N–H and O–H groups in total. The minimum atomic E-state index is -0.575. The molecule has 3 heterocycles. The standard InChI is InChI=1S/C33H35F2N3O4/c1-42-29-5-2-24(3-6-29)32(40)25-10-14-38(15-11-25)33(41)30-7-4-26(20-36-30)31(39)18-22-8-12-37(13-9-22)21-23-16-27(34)19-28(35)17-23/h2-7,16-17,19-20,22,25H,8-15,18,21H2,1H3. The number of rotatable bonds is 9. The topological polar surface area (TPSA) is 79.8 Å². The zero-order valence-electron chi connectivity index (χ0n) is 23.7. The van der Waals surface area contributed by atoms with Crippen LogP contribution in [0.4, 0.5) is 8.78 Å². The summed E-state index contributed by atoms with van der Waals surface area (Å²) in [6.45, 7) is 2.93. The van der Waals surface area contributed by atoms with Gasteiger partial charge in [0.15, 0.2) is 11.6 Å². The van der Waals surface area contributed by atoms with Gasteiger partial charge in [-0.15, -0.1) is 0 Å². The van der Waals surface area contributed by atoms with Crippen molar-refractivity contribution in [3.05, 3.63) is 94.8 Å². The van der Waals surface area contributed by atoms with E-state index >= 15 is 0 Å². The first kappa shape index (κ1) is 29.5. The summed E-state index contributed by atoms with van der Waals surface area (Å²) in [6.07, 6.45) is 4.70. The van der Waals surface area contributed by atoms with Crippen molar-refractivity contribution >= 4 is 17.5 Å². The average molecular weight is 576 g/mol. The molecule has 42 heavy (non-hydrogen) atoms. The van der Waals surface area contributed by atoms with E-state index in [2.05, 4.69) is 9.88 Å². The van der Waals surface area contributed by atoms with Crippen molar-refractivity contribution in [3.63, 3.8) is 0 Å². The van der Waals surface area contributed by atoms with Gasteiger partial charge in [0.2, 0.25) is 0 Å². The summed E-state index contributed by atoms with van der Waals surface area (Å²) in [5.41, 5.74) is 2.02. The fraction of sp³-hybridized carbons (Fsp3) is 0.394. The molecule has 2 fully saturated rings. The van der Waals surface area contributed by atoms with Gasteiger partial charge in [0, 0.05) is 55.4 Å². The Labute approximate surface area is 244 Å². The van der Waals surface area contributed by atoms with Crippen LogP contribution in [0.2, 0.25) is 0 Å². The molecule has 3 aromatic rings. The Hall–Kier alpha value is -3.98. The number of carbonyl (C=O) groups excluding carboxylic acids is 3. The molecule has 1 aromatic heterocycles. The van der Waals surface area contributed by atoms with E-state index in [1.807, 2.05) is 0 Å². The molecule has 0 atom stereocenters. The number of piperidine rings is 2. The predicted molar refractivity (Wildman–Crippen MR) is 153 cm³/mol. The molecule has 2 aromatic carbocycles. The number of hydrogen-bond donors (Lipinski definition) is 0. The minimum Gasteiger partial charge on any atom is -0.497 e. The van der Waals surface area contributed by atoms with Crippen LogP contribution >= 0.6 is 0 Å². The molecule has 0 aliphatic carbocycles. The summed E-state index contributed by atoms with van der Waals surface area (Å²) >= 11 is 0. The predicted octanol–water partition coefficient (Wildman–Crippen LogP) is 5.59. The van der Waals surface area contributed by atoms with Crippen LogP contribution in [0.3, 0.4) is 0 Å². The number of amides is 1. The van der Waals surface area contributed by atoms with E-state index in [0.29, 0.717) is 61.3 Å².